The van der Waals surface area contributed by atoms with Crippen LogP contribution in [0.5, 0.6) is 0 Å². The molecule has 31 heavy (non-hydrogen) atoms. The maximum absolute atomic E-state index is 13.0. The van der Waals surface area contributed by atoms with Gasteiger partial charge in [0.2, 0.25) is 5.78 Å². The van der Waals surface area contributed by atoms with Crippen molar-refractivity contribution in [3.63, 3.8) is 0 Å². The van der Waals surface area contributed by atoms with Gasteiger partial charge in [0.15, 0.2) is 5.76 Å². The van der Waals surface area contributed by atoms with Crippen molar-refractivity contribution in [2.75, 3.05) is 6.54 Å². The lowest BCUT2D eigenvalue weighted by molar-refractivity contribution is -0.137. The number of ketones is 1. The summed E-state index contributed by atoms with van der Waals surface area (Å²) in [6.45, 7) is 0.220. The SMILES string of the molecule is O=C(O)CCCN1C(=O)/C(=C/c2nc3ccccc3cc2C(=O)c2ccco2)SC1=S. The highest BCUT2D eigenvalue weighted by atomic mass is 32.2. The first-order valence-electron chi connectivity index (χ1n) is 9.39. The van der Waals surface area contributed by atoms with E-state index < -0.39 is 5.97 Å². The summed E-state index contributed by atoms with van der Waals surface area (Å²) in [6.07, 6.45) is 3.22. The standard InChI is InChI=1S/C22H16N2O5S2/c25-19(26)8-3-9-24-21(28)18(31-22(24)30)12-16-14(20(27)17-7-4-10-29-17)11-13-5-1-2-6-15(13)23-16/h1-2,4-7,10-12H,3,8-9H2,(H,25,26)/b18-12-. The first-order chi connectivity index (χ1) is 14.9. The van der Waals surface area contributed by atoms with Crippen LogP contribution < -0.4 is 0 Å². The van der Waals surface area contributed by atoms with Crippen LogP contribution in [0.25, 0.3) is 17.0 Å². The molecule has 1 aromatic carbocycles. The Bertz CT molecular complexity index is 1230. The molecule has 1 fully saturated rings. The van der Waals surface area contributed by atoms with Crippen LogP contribution in [0, 0.1) is 0 Å². The zero-order chi connectivity index (χ0) is 22.0. The van der Waals surface area contributed by atoms with Crippen molar-refractivity contribution >= 4 is 62.9 Å². The van der Waals surface area contributed by atoms with Crippen molar-refractivity contribution in [1.82, 2.24) is 9.88 Å². The average Bonchev–Trinajstić information content (AvgIpc) is 3.37. The molecule has 3 heterocycles. The van der Waals surface area contributed by atoms with Crippen molar-refractivity contribution in [2.24, 2.45) is 0 Å². The van der Waals surface area contributed by atoms with Gasteiger partial charge in [0.25, 0.3) is 5.91 Å². The number of aliphatic carboxylic acids is 1. The number of para-hydroxylation sites is 1. The van der Waals surface area contributed by atoms with E-state index in [1.54, 1.807) is 24.3 Å². The van der Waals surface area contributed by atoms with Gasteiger partial charge in [0.1, 0.15) is 4.32 Å². The fourth-order valence-corrected chi connectivity index (χ4v) is 4.45. The van der Waals surface area contributed by atoms with Gasteiger partial charge in [-0.1, -0.05) is 42.2 Å². The fourth-order valence-electron chi connectivity index (χ4n) is 3.17. The molecular formula is C22H16N2O5S2. The van der Waals surface area contributed by atoms with E-state index in [1.807, 2.05) is 24.3 Å². The smallest absolute Gasteiger partial charge is 0.303 e. The van der Waals surface area contributed by atoms with Crippen LogP contribution in [-0.4, -0.2) is 43.5 Å². The lowest BCUT2D eigenvalue weighted by atomic mass is 10.0. The minimum absolute atomic E-state index is 0.0515. The molecule has 0 spiro atoms. The molecule has 1 N–H and O–H groups in total. The number of carbonyl (C=O) groups excluding carboxylic acids is 2. The van der Waals surface area contributed by atoms with Gasteiger partial charge in [0.05, 0.1) is 27.9 Å². The fraction of sp³-hybridized carbons (Fsp3) is 0.136. The number of pyridine rings is 1. The van der Waals surface area contributed by atoms with Crippen LogP contribution in [-0.2, 0) is 9.59 Å². The van der Waals surface area contributed by atoms with E-state index in [-0.39, 0.29) is 30.4 Å². The number of carboxylic acid groups (broad SMARTS) is 1. The number of thioether (sulfide) groups is 1. The lowest BCUT2D eigenvalue weighted by Gasteiger charge is -2.13. The van der Waals surface area contributed by atoms with Gasteiger partial charge < -0.3 is 9.52 Å². The Morgan fingerprint density at radius 3 is 2.77 bits per heavy atom. The molecule has 156 valence electrons. The van der Waals surface area contributed by atoms with Crippen molar-refractivity contribution in [2.45, 2.75) is 12.8 Å². The number of furan rings is 1. The number of fused-ring (bicyclic) bond motifs is 1. The number of aromatic nitrogens is 1. The molecule has 3 aromatic rings. The quantitative estimate of drug-likeness (QED) is 0.325. The van der Waals surface area contributed by atoms with E-state index in [4.69, 9.17) is 21.7 Å². The number of hydrogen-bond acceptors (Lipinski definition) is 7. The predicted molar refractivity (Wildman–Crippen MR) is 121 cm³/mol. The van der Waals surface area contributed by atoms with Crippen molar-refractivity contribution in [1.29, 1.82) is 0 Å². The molecule has 1 amide bonds. The summed E-state index contributed by atoms with van der Waals surface area (Å²) < 4.78 is 5.61. The van der Waals surface area contributed by atoms with Gasteiger partial charge in [-0.3, -0.25) is 19.3 Å². The Hall–Kier alpha value is -3.30. The number of benzene rings is 1. The van der Waals surface area contributed by atoms with Gasteiger partial charge in [-0.05, 0) is 36.8 Å². The Morgan fingerprint density at radius 1 is 1.23 bits per heavy atom. The van der Waals surface area contributed by atoms with E-state index >= 15 is 0 Å². The molecule has 1 saturated heterocycles. The molecule has 0 saturated carbocycles. The van der Waals surface area contributed by atoms with Gasteiger partial charge in [-0.15, -0.1) is 0 Å². The Morgan fingerprint density at radius 2 is 2.03 bits per heavy atom. The molecule has 2 aromatic heterocycles. The van der Waals surface area contributed by atoms with E-state index in [0.717, 1.165) is 17.1 Å². The number of rotatable bonds is 7. The molecule has 0 unspecified atom stereocenters. The van der Waals surface area contributed by atoms with Crippen LogP contribution >= 0.6 is 24.0 Å². The summed E-state index contributed by atoms with van der Waals surface area (Å²) in [7, 11) is 0. The summed E-state index contributed by atoms with van der Waals surface area (Å²) in [5.74, 6) is -1.42. The van der Waals surface area contributed by atoms with Gasteiger partial charge in [-0.25, -0.2) is 4.98 Å². The molecule has 7 nitrogen and oxygen atoms in total. The van der Waals surface area contributed by atoms with E-state index in [2.05, 4.69) is 4.98 Å². The highest BCUT2D eigenvalue weighted by Gasteiger charge is 2.32. The van der Waals surface area contributed by atoms with Gasteiger partial charge in [0, 0.05) is 18.4 Å². The second kappa shape index (κ2) is 8.83. The zero-order valence-electron chi connectivity index (χ0n) is 16.1. The van der Waals surface area contributed by atoms with Crippen LogP contribution in [0.3, 0.4) is 0 Å². The largest absolute Gasteiger partial charge is 0.481 e. The number of amides is 1. The molecule has 4 rings (SSSR count). The van der Waals surface area contributed by atoms with Crippen LogP contribution in [0.4, 0.5) is 0 Å². The second-order valence-electron chi connectivity index (χ2n) is 6.75. The molecule has 0 radical (unpaired) electrons. The summed E-state index contributed by atoms with van der Waals surface area (Å²) in [5.41, 5.74) is 1.33. The minimum Gasteiger partial charge on any atom is -0.481 e. The lowest BCUT2D eigenvalue weighted by Crippen LogP contribution is -2.29. The topological polar surface area (TPSA) is 101 Å². The number of nitrogens with zero attached hydrogens (tertiary/aromatic N) is 2. The van der Waals surface area contributed by atoms with E-state index in [1.165, 1.54) is 11.2 Å². The molecular weight excluding hydrogens is 436 g/mol. The number of thiocarbonyl (C=S) groups is 1. The van der Waals surface area contributed by atoms with Crippen molar-refractivity contribution in [3.8, 4) is 0 Å². The predicted octanol–water partition coefficient (Wildman–Crippen LogP) is 4.12. The van der Waals surface area contributed by atoms with Gasteiger partial charge in [-0.2, -0.15) is 0 Å². The Balaban J connectivity index is 1.71. The normalized spacial score (nSPS) is 15.2. The highest BCUT2D eigenvalue weighted by molar-refractivity contribution is 8.26. The summed E-state index contributed by atoms with van der Waals surface area (Å²) in [4.78, 5) is 42.9. The summed E-state index contributed by atoms with van der Waals surface area (Å²) >= 11 is 6.40. The Labute approximate surface area is 186 Å². The highest BCUT2D eigenvalue weighted by Crippen LogP contribution is 2.33. The number of carboxylic acids is 1. The monoisotopic (exact) mass is 452 g/mol. The maximum atomic E-state index is 13.0. The first kappa shape index (κ1) is 21.0. The van der Waals surface area contributed by atoms with Crippen LogP contribution in [0.2, 0.25) is 0 Å². The molecule has 1 aliphatic rings. The minimum atomic E-state index is -0.928. The van der Waals surface area contributed by atoms with Crippen molar-refractivity contribution < 1.29 is 23.9 Å². The Kier molecular flexibility index (Phi) is 5.97. The molecule has 0 aliphatic carbocycles. The molecule has 1 aliphatic heterocycles. The van der Waals surface area contributed by atoms with Crippen molar-refractivity contribution in [3.05, 3.63) is 70.7 Å². The van der Waals surface area contributed by atoms with E-state index in [0.29, 0.717) is 32.4 Å². The van der Waals surface area contributed by atoms with E-state index in [9.17, 15) is 14.4 Å². The zero-order valence-corrected chi connectivity index (χ0v) is 17.7. The second-order valence-corrected chi connectivity index (χ2v) is 8.43. The average molecular weight is 453 g/mol. The summed E-state index contributed by atoms with van der Waals surface area (Å²) in [6, 6.07) is 12.3. The van der Waals surface area contributed by atoms with Crippen LogP contribution in [0.15, 0.2) is 58.1 Å². The summed E-state index contributed by atoms with van der Waals surface area (Å²) in [5, 5.41) is 9.60. The molecule has 0 atom stereocenters. The first-order valence-corrected chi connectivity index (χ1v) is 10.6. The third kappa shape index (κ3) is 4.42. The van der Waals surface area contributed by atoms with Gasteiger partial charge >= 0.3 is 5.97 Å². The maximum Gasteiger partial charge on any atom is 0.303 e. The third-order valence-corrected chi connectivity index (χ3v) is 6.03. The molecule has 0 bridgehead atoms. The van der Waals surface area contributed by atoms with Crippen LogP contribution in [0.1, 0.15) is 34.7 Å². The molecule has 9 heteroatoms. The number of hydrogen-bond donors (Lipinski definition) is 1. The number of carbonyl (C=O) groups is 3. The third-order valence-electron chi connectivity index (χ3n) is 4.66.